The molecule has 2 aliphatic heterocycles. The van der Waals surface area contributed by atoms with Gasteiger partial charge in [0, 0.05) is 49.2 Å². The molecule has 1 atom stereocenters. The summed E-state index contributed by atoms with van der Waals surface area (Å²) in [6.07, 6.45) is 0. The Balaban J connectivity index is 1.52. The molecule has 0 saturated carbocycles. The van der Waals surface area contributed by atoms with Crippen LogP contribution in [0.2, 0.25) is 0 Å². The normalized spacial score (nSPS) is 19.3. The predicted molar refractivity (Wildman–Crippen MR) is 156 cm³/mol. The first-order chi connectivity index (χ1) is 19.4. The van der Waals surface area contributed by atoms with Gasteiger partial charge in [0.05, 0.1) is 35.1 Å². The van der Waals surface area contributed by atoms with Crippen molar-refractivity contribution in [2.45, 2.75) is 35.1 Å². The molecule has 1 N–H and O–H groups in total. The molecule has 6 rings (SSSR count). The van der Waals surface area contributed by atoms with Gasteiger partial charge < -0.3 is 14.4 Å². The highest BCUT2D eigenvalue weighted by molar-refractivity contribution is 7.89. The zero-order chi connectivity index (χ0) is 29.3. The van der Waals surface area contributed by atoms with Crippen LogP contribution < -0.4 is 4.74 Å². The Morgan fingerprint density at radius 1 is 0.854 bits per heavy atom. The first-order valence-electron chi connectivity index (χ1n) is 13.4. The van der Waals surface area contributed by atoms with Crippen molar-refractivity contribution in [1.82, 2.24) is 13.2 Å². The Morgan fingerprint density at radius 3 is 1.95 bits per heavy atom. The van der Waals surface area contributed by atoms with Gasteiger partial charge in [-0.1, -0.05) is 35.4 Å². The van der Waals surface area contributed by atoms with E-state index in [4.69, 9.17) is 4.74 Å². The molecule has 41 heavy (non-hydrogen) atoms. The molecule has 9 nitrogen and oxygen atoms in total. The number of aromatic nitrogens is 1. The van der Waals surface area contributed by atoms with E-state index in [9.17, 15) is 21.9 Å². The SMILES string of the molecule is COc1ccc2c3c(n(C)c2c1)[C@H](CO)N(S(=O)(=O)c1ccc(C)cc1)CC31CN(S(=O)(=O)c2ccc(C)cc2)C1. The molecule has 2 aliphatic rings. The first kappa shape index (κ1) is 27.9. The summed E-state index contributed by atoms with van der Waals surface area (Å²) in [5, 5.41) is 11.6. The van der Waals surface area contributed by atoms with Crippen LogP contribution in [0.25, 0.3) is 10.9 Å². The van der Waals surface area contributed by atoms with E-state index in [0.717, 1.165) is 27.6 Å². The molecule has 216 valence electrons. The van der Waals surface area contributed by atoms with Gasteiger partial charge >= 0.3 is 0 Å². The maximum atomic E-state index is 14.1. The lowest BCUT2D eigenvalue weighted by atomic mass is 9.70. The number of aryl methyl sites for hydroxylation is 3. The standard InChI is InChI=1S/C30H33N3O6S2/c1-20-5-10-23(11-6-20)40(35,36)32-17-30(18-32)19-33(41(37,38)24-12-7-21(2)8-13-24)27(16-34)29-28(30)25-14-9-22(39-4)15-26(25)31(29)3/h5-15,27,34H,16-19H2,1-4H3/t27-/m0/s1. The average Bonchev–Trinajstić information content (AvgIpc) is 3.23. The molecular formula is C30H33N3O6S2. The Kier molecular flexibility index (Phi) is 6.59. The molecule has 1 fully saturated rings. The molecular weight excluding hydrogens is 562 g/mol. The van der Waals surface area contributed by atoms with Crippen LogP contribution in [0.3, 0.4) is 0 Å². The number of nitrogens with zero attached hydrogens (tertiary/aromatic N) is 3. The lowest BCUT2D eigenvalue weighted by molar-refractivity contribution is 0.0751. The highest BCUT2D eigenvalue weighted by Crippen LogP contribution is 2.51. The van der Waals surface area contributed by atoms with Crippen molar-refractivity contribution >= 4 is 30.9 Å². The molecule has 1 aromatic heterocycles. The fraction of sp³-hybridized carbons (Fsp3) is 0.333. The fourth-order valence-electron chi connectivity index (χ4n) is 6.33. The second kappa shape index (κ2) is 9.67. The number of methoxy groups -OCH3 is 1. The summed E-state index contributed by atoms with van der Waals surface area (Å²) in [4.78, 5) is 0.332. The van der Waals surface area contributed by atoms with E-state index in [0.29, 0.717) is 11.4 Å². The van der Waals surface area contributed by atoms with Crippen LogP contribution in [-0.4, -0.2) is 68.5 Å². The number of rotatable bonds is 6. The molecule has 1 spiro atoms. The highest BCUT2D eigenvalue weighted by atomic mass is 32.2. The monoisotopic (exact) mass is 595 g/mol. The minimum atomic E-state index is -4.04. The summed E-state index contributed by atoms with van der Waals surface area (Å²) in [6.45, 7) is 3.61. The second-order valence-corrected chi connectivity index (χ2v) is 15.0. The van der Waals surface area contributed by atoms with Crippen LogP contribution >= 0.6 is 0 Å². The van der Waals surface area contributed by atoms with Crippen molar-refractivity contribution in [2.75, 3.05) is 33.4 Å². The molecule has 0 bridgehead atoms. The maximum absolute atomic E-state index is 14.1. The highest BCUT2D eigenvalue weighted by Gasteiger charge is 2.58. The number of hydrogen-bond acceptors (Lipinski definition) is 6. The van der Waals surface area contributed by atoms with Gasteiger partial charge in [-0.15, -0.1) is 0 Å². The maximum Gasteiger partial charge on any atom is 0.243 e. The molecule has 0 unspecified atom stereocenters. The fourth-order valence-corrected chi connectivity index (χ4v) is 9.61. The van der Waals surface area contributed by atoms with Crippen molar-refractivity contribution in [1.29, 1.82) is 0 Å². The smallest absolute Gasteiger partial charge is 0.243 e. The Hall–Kier alpha value is -3.22. The topological polar surface area (TPSA) is 109 Å². The number of hydrogen-bond donors (Lipinski definition) is 1. The Morgan fingerprint density at radius 2 is 1.41 bits per heavy atom. The van der Waals surface area contributed by atoms with Gasteiger partial charge in [-0.05, 0) is 55.8 Å². The minimum Gasteiger partial charge on any atom is -0.497 e. The van der Waals surface area contributed by atoms with E-state index >= 15 is 0 Å². The van der Waals surface area contributed by atoms with Gasteiger partial charge in [0.15, 0.2) is 0 Å². The summed E-state index contributed by atoms with van der Waals surface area (Å²) >= 11 is 0. The number of aliphatic hydroxyl groups is 1. The van der Waals surface area contributed by atoms with E-state index in [1.165, 1.54) is 8.61 Å². The molecule has 11 heteroatoms. The van der Waals surface area contributed by atoms with E-state index in [1.807, 2.05) is 43.7 Å². The van der Waals surface area contributed by atoms with Crippen LogP contribution in [0.1, 0.15) is 28.4 Å². The quantitative estimate of drug-likeness (QED) is 0.366. The minimum absolute atomic E-state index is 0.0342. The zero-order valence-corrected chi connectivity index (χ0v) is 25.0. The Bertz CT molecular complexity index is 1860. The number of sulfonamides is 2. The van der Waals surface area contributed by atoms with Crippen LogP contribution in [0, 0.1) is 13.8 Å². The number of aliphatic hydroxyl groups excluding tert-OH is 1. The van der Waals surface area contributed by atoms with E-state index in [1.54, 1.807) is 55.6 Å². The van der Waals surface area contributed by atoms with Gasteiger partial charge in [-0.2, -0.15) is 8.61 Å². The molecule has 1 saturated heterocycles. The summed E-state index contributed by atoms with van der Waals surface area (Å²) in [6, 6.07) is 18.2. The summed E-state index contributed by atoms with van der Waals surface area (Å²) < 4.78 is 65.6. The van der Waals surface area contributed by atoms with E-state index < -0.39 is 38.1 Å². The lowest BCUT2D eigenvalue weighted by Crippen LogP contribution is -2.68. The zero-order valence-electron chi connectivity index (χ0n) is 23.4. The van der Waals surface area contributed by atoms with Crippen LogP contribution in [0.15, 0.2) is 76.5 Å². The molecule has 0 amide bonds. The first-order valence-corrected chi connectivity index (χ1v) is 16.2. The Labute approximate surface area is 240 Å². The third-order valence-corrected chi connectivity index (χ3v) is 12.2. The van der Waals surface area contributed by atoms with Crippen LogP contribution in [0.5, 0.6) is 5.75 Å². The molecule has 4 aromatic rings. The molecule has 3 heterocycles. The van der Waals surface area contributed by atoms with Gasteiger partial charge in [-0.3, -0.25) is 0 Å². The molecule has 3 aromatic carbocycles. The average molecular weight is 596 g/mol. The third-order valence-electron chi connectivity index (χ3n) is 8.52. The third kappa shape index (κ3) is 4.21. The molecule has 0 aliphatic carbocycles. The van der Waals surface area contributed by atoms with Crippen molar-refractivity contribution in [3.8, 4) is 5.75 Å². The van der Waals surface area contributed by atoms with E-state index in [-0.39, 0.29) is 29.4 Å². The van der Waals surface area contributed by atoms with Crippen molar-refractivity contribution in [3.05, 3.63) is 89.1 Å². The predicted octanol–water partition coefficient (Wildman–Crippen LogP) is 3.48. The lowest BCUT2D eigenvalue weighted by Gasteiger charge is -2.55. The summed E-state index contributed by atoms with van der Waals surface area (Å²) in [5.74, 6) is 0.645. The van der Waals surface area contributed by atoms with Crippen molar-refractivity contribution in [2.24, 2.45) is 7.05 Å². The van der Waals surface area contributed by atoms with Gasteiger partial charge in [-0.25, -0.2) is 16.8 Å². The van der Waals surface area contributed by atoms with Crippen molar-refractivity contribution < 1.29 is 26.7 Å². The van der Waals surface area contributed by atoms with Crippen LogP contribution in [0.4, 0.5) is 0 Å². The van der Waals surface area contributed by atoms with Gasteiger partial charge in [0.1, 0.15) is 5.75 Å². The summed E-state index contributed by atoms with van der Waals surface area (Å²) in [5.41, 5.74) is 3.43. The number of benzene rings is 3. The number of ether oxygens (including phenoxy) is 1. The molecule has 0 radical (unpaired) electrons. The van der Waals surface area contributed by atoms with Gasteiger partial charge in [0.2, 0.25) is 20.0 Å². The number of fused-ring (bicyclic) bond motifs is 4. The van der Waals surface area contributed by atoms with Crippen molar-refractivity contribution in [3.63, 3.8) is 0 Å². The van der Waals surface area contributed by atoms with E-state index in [2.05, 4.69) is 0 Å². The second-order valence-electron chi connectivity index (χ2n) is 11.1. The van der Waals surface area contributed by atoms with Gasteiger partial charge in [0.25, 0.3) is 0 Å². The summed E-state index contributed by atoms with van der Waals surface area (Å²) in [7, 11) is -4.41. The van der Waals surface area contributed by atoms with Crippen LogP contribution in [-0.2, 0) is 32.5 Å². The largest absolute Gasteiger partial charge is 0.497 e.